The van der Waals surface area contributed by atoms with Crippen LogP contribution in [0.4, 0.5) is 5.69 Å². The molecule has 120 valence electrons. The number of carbonyl (C=O) groups excluding carboxylic acids is 2. The molecule has 0 spiro atoms. The van der Waals surface area contributed by atoms with E-state index in [2.05, 4.69) is 15.9 Å². The Bertz CT molecular complexity index is 734. The van der Waals surface area contributed by atoms with Gasteiger partial charge in [-0.15, -0.1) is 0 Å². The number of benzene rings is 1. The second-order valence-electron chi connectivity index (χ2n) is 4.75. The van der Waals surface area contributed by atoms with Crippen LogP contribution in [0.25, 0.3) is 0 Å². The highest BCUT2D eigenvalue weighted by molar-refractivity contribution is 9.10. The van der Waals surface area contributed by atoms with Crippen molar-refractivity contribution in [3.05, 3.63) is 63.9 Å². The van der Waals surface area contributed by atoms with Gasteiger partial charge in [0.1, 0.15) is 5.70 Å². The van der Waals surface area contributed by atoms with Gasteiger partial charge in [-0.2, -0.15) is 0 Å². The monoisotopic (exact) mass is 377 g/mol. The van der Waals surface area contributed by atoms with E-state index in [4.69, 9.17) is 9.47 Å². The summed E-state index contributed by atoms with van der Waals surface area (Å²) in [5, 5.41) is 0. The quantitative estimate of drug-likeness (QED) is 0.756. The minimum absolute atomic E-state index is 0.106. The van der Waals surface area contributed by atoms with E-state index in [1.54, 1.807) is 23.3 Å². The smallest absolute Gasteiger partial charge is 0.355 e. The largest absolute Gasteiger partial charge is 0.465 e. The summed E-state index contributed by atoms with van der Waals surface area (Å²) >= 11 is 3.41. The Labute approximate surface area is 143 Å². The SMILES string of the molecule is COC(=O)C1=C(C(=O)OC)N(c2ccc(Br)cc2C)C=CC=C1. The van der Waals surface area contributed by atoms with Gasteiger partial charge >= 0.3 is 11.9 Å². The number of halogens is 1. The van der Waals surface area contributed by atoms with Crippen LogP contribution in [0.1, 0.15) is 5.56 Å². The fourth-order valence-corrected chi connectivity index (χ4v) is 2.72. The lowest BCUT2D eigenvalue weighted by Gasteiger charge is -2.24. The third kappa shape index (κ3) is 3.53. The Morgan fingerprint density at radius 1 is 1.09 bits per heavy atom. The van der Waals surface area contributed by atoms with Crippen LogP contribution < -0.4 is 4.90 Å². The van der Waals surface area contributed by atoms with Gasteiger partial charge in [-0.05, 0) is 42.8 Å². The molecule has 0 fully saturated rings. The molecule has 0 atom stereocenters. The topological polar surface area (TPSA) is 55.8 Å². The molecule has 1 aromatic carbocycles. The van der Waals surface area contributed by atoms with Gasteiger partial charge in [0.2, 0.25) is 0 Å². The van der Waals surface area contributed by atoms with Crippen LogP contribution in [0.2, 0.25) is 0 Å². The Balaban J connectivity index is 2.68. The highest BCUT2D eigenvalue weighted by Gasteiger charge is 2.27. The molecule has 5 nitrogen and oxygen atoms in total. The molecule has 0 aromatic heterocycles. The van der Waals surface area contributed by atoms with Crippen LogP contribution in [-0.2, 0) is 19.1 Å². The highest BCUT2D eigenvalue weighted by Crippen LogP contribution is 2.30. The van der Waals surface area contributed by atoms with Crippen molar-refractivity contribution in [3.8, 4) is 0 Å². The number of nitrogens with zero attached hydrogens (tertiary/aromatic N) is 1. The van der Waals surface area contributed by atoms with E-state index in [0.717, 1.165) is 15.7 Å². The molecule has 0 unspecified atom stereocenters. The summed E-state index contributed by atoms with van der Waals surface area (Å²) < 4.78 is 10.6. The van der Waals surface area contributed by atoms with E-state index in [9.17, 15) is 9.59 Å². The van der Waals surface area contributed by atoms with E-state index in [1.807, 2.05) is 25.1 Å². The van der Waals surface area contributed by atoms with Gasteiger partial charge in [0, 0.05) is 16.4 Å². The molecule has 0 saturated heterocycles. The summed E-state index contributed by atoms with van der Waals surface area (Å²) in [6, 6.07) is 5.64. The molecule has 0 bridgehead atoms. The molecule has 6 heteroatoms. The van der Waals surface area contributed by atoms with E-state index in [-0.39, 0.29) is 11.3 Å². The standard InChI is InChI=1S/C17H16BrNO4/c1-11-10-12(18)7-8-14(11)19-9-5-4-6-13(16(20)22-2)15(19)17(21)23-3/h4-10H,1-3H3. The normalized spacial score (nSPS) is 13.8. The van der Waals surface area contributed by atoms with Crippen LogP contribution in [0.3, 0.4) is 0 Å². The molecule has 1 aliphatic rings. The first-order valence-corrected chi connectivity index (χ1v) is 7.60. The first-order valence-electron chi connectivity index (χ1n) is 6.80. The Kier molecular flexibility index (Phi) is 5.39. The lowest BCUT2D eigenvalue weighted by atomic mass is 10.1. The molecule has 0 radical (unpaired) electrons. The Hall–Kier alpha value is -2.34. The molecule has 0 saturated carbocycles. The number of methoxy groups -OCH3 is 2. The molecule has 0 amide bonds. The van der Waals surface area contributed by atoms with Crippen molar-refractivity contribution in [3.63, 3.8) is 0 Å². The van der Waals surface area contributed by atoms with Crippen molar-refractivity contribution in [1.29, 1.82) is 0 Å². The van der Waals surface area contributed by atoms with Crippen LogP contribution in [-0.4, -0.2) is 26.2 Å². The second kappa shape index (κ2) is 7.28. The number of rotatable bonds is 3. The minimum Gasteiger partial charge on any atom is -0.465 e. The van der Waals surface area contributed by atoms with Crippen LogP contribution in [0, 0.1) is 6.92 Å². The van der Waals surface area contributed by atoms with Gasteiger partial charge < -0.3 is 14.4 Å². The van der Waals surface area contributed by atoms with E-state index < -0.39 is 11.9 Å². The van der Waals surface area contributed by atoms with Gasteiger partial charge in [-0.3, -0.25) is 0 Å². The fraction of sp³-hybridized carbons (Fsp3) is 0.176. The summed E-state index contributed by atoms with van der Waals surface area (Å²) in [4.78, 5) is 26.0. The zero-order valence-corrected chi connectivity index (χ0v) is 14.6. The average molecular weight is 378 g/mol. The maximum Gasteiger partial charge on any atom is 0.355 e. The second-order valence-corrected chi connectivity index (χ2v) is 5.66. The predicted molar refractivity (Wildman–Crippen MR) is 90.7 cm³/mol. The van der Waals surface area contributed by atoms with Crippen LogP contribution >= 0.6 is 15.9 Å². The van der Waals surface area contributed by atoms with Crippen molar-refractivity contribution < 1.29 is 19.1 Å². The van der Waals surface area contributed by atoms with E-state index >= 15 is 0 Å². The third-order valence-corrected chi connectivity index (χ3v) is 3.80. The molecule has 1 aliphatic heterocycles. The van der Waals surface area contributed by atoms with E-state index in [1.165, 1.54) is 20.3 Å². The van der Waals surface area contributed by atoms with Gasteiger partial charge in [0.05, 0.1) is 19.8 Å². The Morgan fingerprint density at radius 2 is 1.78 bits per heavy atom. The number of carbonyl (C=O) groups is 2. The zero-order chi connectivity index (χ0) is 17.0. The number of allylic oxidation sites excluding steroid dienone is 2. The lowest BCUT2D eigenvalue weighted by molar-refractivity contribution is -0.139. The maximum absolute atomic E-state index is 12.3. The number of ether oxygens (including phenoxy) is 2. The molecule has 0 N–H and O–H groups in total. The molecule has 1 aromatic rings. The predicted octanol–water partition coefficient (Wildman–Crippen LogP) is 3.25. The summed E-state index contributed by atoms with van der Waals surface area (Å²) in [6.45, 7) is 1.92. The van der Waals surface area contributed by atoms with Gasteiger partial charge in [0.25, 0.3) is 0 Å². The molecule has 0 aliphatic carbocycles. The maximum atomic E-state index is 12.3. The first kappa shape index (κ1) is 17.0. The van der Waals surface area contributed by atoms with Crippen molar-refractivity contribution in [2.75, 3.05) is 19.1 Å². The first-order chi connectivity index (χ1) is 11.0. The van der Waals surface area contributed by atoms with Gasteiger partial charge in [-0.1, -0.05) is 22.0 Å². The molecule has 23 heavy (non-hydrogen) atoms. The van der Waals surface area contributed by atoms with Gasteiger partial charge in [-0.25, -0.2) is 9.59 Å². The molecule has 2 rings (SSSR count). The summed E-state index contributed by atoms with van der Waals surface area (Å²) in [6.07, 6.45) is 6.64. The summed E-state index contributed by atoms with van der Waals surface area (Å²) in [5.41, 5.74) is 1.92. The van der Waals surface area contributed by atoms with Crippen molar-refractivity contribution in [2.24, 2.45) is 0 Å². The number of esters is 2. The lowest BCUT2D eigenvalue weighted by Crippen LogP contribution is -2.27. The summed E-state index contributed by atoms with van der Waals surface area (Å²) in [5.74, 6) is -1.23. The van der Waals surface area contributed by atoms with Crippen molar-refractivity contribution in [2.45, 2.75) is 6.92 Å². The highest BCUT2D eigenvalue weighted by atomic mass is 79.9. The van der Waals surface area contributed by atoms with Crippen LogP contribution in [0.15, 0.2) is 58.4 Å². The average Bonchev–Trinajstić information content (AvgIpc) is 2.76. The number of hydrogen-bond donors (Lipinski definition) is 0. The van der Waals surface area contributed by atoms with E-state index in [0.29, 0.717) is 0 Å². The number of anilines is 1. The Morgan fingerprint density at radius 3 is 2.39 bits per heavy atom. The van der Waals surface area contributed by atoms with Crippen molar-refractivity contribution >= 4 is 33.6 Å². The number of aryl methyl sites for hydroxylation is 1. The zero-order valence-electron chi connectivity index (χ0n) is 13.0. The van der Waals surface area contributed by atoms with Gasteiger partial charge in [0.15, 0.2) is 0 Å². The fourth-order valence-electron chi connectivity index (χ4n) is 2.24. The molecule has 1 heterocycles. The number of hydrogen-bond acceptors (Lipinski definition) is 5. The summed E-state index contributed by atoms with van der Waals surface area (Å²) in [7, 11) is 2.54. The van der Waals surface area contributed by atoms with Crippen LogP contribution in [0.5, 0.6) is 0 Å². The molecular weight excluding hydrogens is 362 g/mol. The van der Waals surface area contributed by atoms with Crippen molar-refractivity contribution in [1.82, 2.24) is 0 Å². The minimum atomic E-state index is -0.621. The molecular formula is C17H16BrNO4. The third-order valence-electron chi connectivity index (χ3n) is 3.31.